The molecule has 0 aliphatic rings. The van der Waals surface area contributed by atoms with Crippen molar-refractivity contribution in [1.82, 2.24) is 24.8 Å². The molecule has 1 amide bonds. The molecule has 0 radical (unpaired) electrons. The number of carbonyl (C=O) groups is 1. The highest BCUT2D eigenvalue weighted by Gasteiger charge is 2.14. The molecule has 0 atom stereocenters. The zero-order chi connectivity index (χ0) is 18.8. The van der Waals surface area contributed by atoms with Gasteiger partial charge in [0.15, 0.2) is 5.82 Å². The molecule has 0 aliphatic carbocycles. The molecular weight excluding hydrogens is 351 g/mol. The molecule has 4 aromatic rings. The minimum Gasteiger partial charge on any atom is -0.324 e. The number of pyridine rings is 1. The van der Waals surface area contributed by atoms with E-state index in [0.29, 0.717) is 17.0 Å². The maximum Gasteiger partial charge on any atom is 0.274 e. The molecular formula is C18H13FN6O2. The van der Waals surface area contributed by atoms with Gasteiger partial charge in [-0.15, -0.1) is 0 Å². The fourth-order valence-electron chi connectivity index (χ4n) is 2.61. The largest absolute Gasteiger partial charge is 0.324 e. The number of imidazole rings is 1. The van der Waals surface area contributed by atoms with Crippen LogP contribution in [0.25, 0.3) is 17.0 Å². The van der Waals surface area contributed by atoms with Crippen LogP contribution < -0.4 is 10.8 Å². The monoisotopic (exact) mass is 364 g/mol. The molecule has 0 fully saturated rings. The van der Waals surface area contributed by atoms with Gasteiger partial charge >= 0.3 is 0 Å². The first-order chi connectivity index (χ1) is 13.2. The van der Waals surface area contributed by atoms with E-state index < -0.39 is 11.7 Å². The number of hydrogen-bond donors (Lipinski definition) is 3. The molecule has 134 valence electrons. The number of aromatic nitrogens is 4. The first kappa shape index (κ1) is 16.6. The van der Waals surface area contributed by atoms with Crippen molar-refractivity contribution in [3.8, 4) is 11.4 Å². The molecule has 0 bridgehead atoms. The Morgan fingerprint density at radius 3 is 2.67 bits per heavy atom. The van der Waals surface area contributed by atoms with Crippen molar-refractivity contribution in [3.05, 3.63) is 72.4 Å². The van der Waals surface area contributed by atoms with Crippen LogP contribution in [0.2, 0.25) is 0 Å². The Balaban J connectivity index is 1.66. The number of nitrogens with one attached hydrogen (secondary N) is 2. The zero-order valence-electron chi connectivity index (χ0n) is 13.8. The summed E-state index contributed by atoms with van der Waals surface area (Å²) in [6.45, 7) is 0. The number of rotatable bonds is 4. The molecule has 8 nitrogen and oxygen atoms in total. The molecule has 1 aromatic carbocycles. The van der Waals surface area contributed by atoms with Crippen LogP contribution in [0.1, 0.15) is 10.4 Å². The highest BCUT2D eigenvalue weighted by atomic mass is 19.1. The summed E-state index contributed by atoms with van der Waals surface area (Å²) in [5.74, 6) is -0.993. The Labute approximate surface area is 152 Å². The lowest BCUT2D eigenvalue weighted by Crippen LogP contribution is -2.18. The highest BCUT2D eigenvalue weighted by molar-refractivity contribution is 5.93. The molecule has 0 saturated carbocycles. The second-order valence-electron chi connectivity index (χ2n) is 5.61. The second-order valence-corrected chi connectivity index (χ2v) is 5.61. The van der Waals surface area contributed by atoms with Crippen molar-refractivity contribution in [2.45, 2.75) is 0 Å². The maximum atomic E-state index is 14.3. The van der Waals surface area contributed by atoms with E-state index in [-0.39, 0.29) is 17.2 Å². The van der Waals surface area contributed by atoms with Crippen molar-refractivity contribution in [1.29, 1.82) is 0 Å². The van der Waals surface area contributed by atoms with Crippen LogP contribution in [0, 0.1) is 5.82 Å². The van der Waals surface area contributed by atoms with E-state index >= 15 is 0 Å². The van der Waals surface area contributed by atoms with E-state index in [2.05, 4.69) is 20.3 Å². The van der Waals surface area contributed by atoms with Crippen LogP contribution in [-0.4, -0.2) is 30.5 Å². The quantitative estimate of drug-likeness (QED) is 0.380. The third-order valence-corrected chi connectivity index (χ3v) is 3.91. The molecule has 3 aromatic heterocycles. The van der Waals surface area contributed by atoms with Crippen LogP contribution in [0.15, 0.2) is 61.1 Å². The molecule has 0 spiro atoms. The summed E-state index contributed by atoms with van der Waals surface area (Å²) in [6.07, 6.45) is 4.41. The fourth-order valence-corrected chi connectivity index (χ4v) is 2.61. The topological polar surface area (TPSA) is 104 Å². The van der Waals surface area contributed by atoms with Crippen molar-refractivity contribution in [3.63, 3.8) is 0 Å². The van der Waals surface area contributed by atoms with E-state index in [1.807, 2.05) is 18.2 Å². The normalized spacial score (nSPS) is 10.7. The average molecular weight is 364 g/mol. The third kappa shape index (κ3) is 3.18. The minimum atomic E-state index is -0.616. The number of benzene rings is 1. The standard InChI is InChI=1S/C18H13FN6O2/c19-13-9-21-18(22-12-6-4-11(5-7-12)17(26)24-27)23-16(13)14-10-20-15-3-1-2-8-25(14)15/h1-10,27H,(H,24,26)(H,21,22,23). The summed E-state index contributed by atoms with van der Waals surface area (Å²) in [4.78, 5) is 23.8. The molecule has 27 heavy (non-hydrogen) atoms. The molecule has 4 rings (SSSR count). The number of fused-ring (bicyclic) bond motifs is 1. The van der Waals surface area contributed by atoms with Crippen molar-refractivity contribution < 1.29 is 14.4 Å². The van der Waals surface area contributed by atoms with Gasteiger partial charge in [-0.2, -0.15) is 0 Å². The van der Waals surface area contributed by atoms with Crippen molar-refractivity contribution >= 4 is 23.2 Å². The van der Waals surface area contributed by atoms with Gasteiger partial charge in [-0.05, 0) is 36.4 Å². The Morgan fingerprint density at radius 2 is 1.89 bits per heavy atom. The molecule has 0 aliphatic heterocycles. The van der Waals surface area contributed by atoms with Crippen molar-refractivity contribution in [2.75, 3.05) is 5.32 Å². The molecule has 0 saturated heterocycles. The van der Waals surface area contributed by atoms with Crippen molar-refractivity contribution in [2.24, 2.45) is 0 Å². The Morgan fingerprint density at radius 1 is 1.07 bits per heavy atom. The van der Waals surface area contributed by atoms with Crippen LogP contribution in [0.3, 0.4) is 0 Å². The Kier molecular flexibility index (Phi) is 4.19. The van der Waals surface area contributed by atoms with E-state index in [9.17, 15) is 9.18 Å². The number of hydrogen-bond acceptors (Lipinski definition) is 6. The van der Waals surface area contributed by atoms with Gasteiger partial charge in [0, 0.05) is 17.4 Å². The van der Waals surface area contributed by atoms with Gasteiger partial charge in [0.25, 0.3) is 5.91 Å². The predicted molar refractivity (Wildman–Crippen MR) is 95.2 cm³/mol. The number of hydroxylamine groups is 1. The number of carbonyl (C=O) groups excluding carboxylic acids is 1. The molecule has 3 heterocycles. The van der Waals surface area contributed by atoms with E-state index in [1.54, 1.807) is 34.4 Å². The fraction of sp³-hybridized carbons (Fsp3) is 0. The Hall–Kier alpha value is -3.85. The van der Waals surface area contributed by atoms with Gasteiger partial charge in [0.05, 0.1) is 18.1 Å². The summed E-state index contributed by atoms with van der Waals surface area (Å²) >= 11 is 0. The van der Waals surface area contributed by atoms with Crippen LogP contribution in [-0.2, 0) is 0 Å². The summed E-state index contributed by atoms with van der Waals surface area (Å²) in [6, 6.07) is 11.7. The lowest BCUT2D eigenvalue weighted by atomic mass is 10.2. The molecule has 3 N–H and O–H groups in total. The first-order valence-electron chi connectivity index (χ1n) is 7.92. The summed E-state index contributed by atoms with van der Waals surface area (Å²) in [5.41, 5.74) is 3.74. The first-order valence-corrected chi connectivity index (χ1v) is 7.92. The van der Waals surface area contributed by atoms with Gasteiger partial charge in [0.2, 0.25) is 5.95 Å². The number of amides is 1. The van der Waals surface area contributed by atoms with Gasteiger partial charge in [-0.1, -0.05) is 6.07 Å². The number of nitrogens with zero attached hydrogens (tertiary/aromatic N) is 4. The molecule has 9 heteroatoms. The van der Waals surface area contributed by atoms with Crippen LogP contribution in [0.5, 0.6) is 0 Å². The van der Waals surface area contributed by atoms with E-state index in [4.69, 9.17) is 5.21 Å². The van der Waals surface area contributed by atoms with Gasteiger partial charge in [-0.25, -0.2) is 24.8 Å². The van der Waals surface area contributed by atoms with Gasteiger partial charge < -0.3 is 5.32 Å². The second kappa shape index (κ2) is 6.81. The van der Waals surface area contributed by atoms with Gasteiger partial charge in [-0.3, -0.25) is 14.4 Å². The van der Waals surface area contributed by atoms with Crippen LogP contribution >= 0.6 is 0 Å². The van der Waals surface area contributed by atoms with E-state index in [0.717, 1.165) is 6.20 Å². The summed E-state index contributed by atoms with van der Waals surface area (Å²) < 4.78 is 16.1. The van der Waals surface area contributed by atoms with Crippen LogP contribution in [0.4, 0.5) is 16.0 Å². The number of halogens is 1. The SMILES string of the molecule is O=C(NO)c1ccc(Nc2ncc(F)c(-c3cnc4ccccn34)n2)cc1. The average Bonchev–Trinajstić information content (AvgIpc) is 3.13. The lowest BCUT2D eigenvalue weighted by molar-refractivity contribution is 0.0706. The Bertz CT molecular complexity index is 1130. The summed E-state index contributed by atoms with van der Waals surface area (Å²) in [7, 11) is 0. The maximum absolute atomic E-state index is 14.3. The van der Waals surface area contributed by atoms with Gasteiger partial charge in [0.1, 0.15) is 11.3 Å². The predicted octanol–water partition coefficient (Wildman–Crippen LogP) is 2.79. The van der Waals surface area contributed by atoms with E-state index in [1.165, 1.54) is 12.1 Å². The minimum absolute atomic E-state index is 0.113. The summed E-state index contributed by atoms with van der Waals surface area (Å²) in [5, 5.41) is 11.6. The molecule has 0 unspecified atom stereocenters. The highest BCUT2D eigenvalue weighted by Crippen LogP contribution is 2.23. The third-order valence-electron chi connectivity index (χ3n) is 3.91. The number of anilines is 2. The zero-order valence-corrected chi connectivity index (χ0v) is 13.8. The lowest BCUT2D eigenvalue weighted by Gasteiger charge is -2.08. The smallest absolute Gasteiger partial charge is 0.274 e.